The minimum Gasteiger partial charge on any atom is -0.481 e. The molecule has 1 aromatic rings. The number of carboxylic acid groups (broad SMARTS) is 1. The normalized spacial score (nSPS) is 15.2. The van der Waals surface area contributed by atoms with Crippen molar-refractivity contribution in [3.63, 3.8) is 0 Å². The molecular formula is C16H21NO3. The van der Waals surface area contributed by atoms with E-state index >= 15 is 0 Å². The van der Waals surface area contributed by atoms with E-state index in [1.54, 1.807) is 4.90 Å². The molecule has 20 heavy (non-hydrogen) atoms. The number of carbonyl (C=O) groups is 2. The fourth-order valence-corrected chi connectivity index (χ4v) is 2.73. The lowest BCUT2D eigenvalue weighted by Crippen LogP contribution is -2.36. The Morgan fingerprint density at radius 1 is 1.15 bits per heavy atom. The van der Waals surface area contributed by atoms with Gasteiger partial charge in [-0.1, -0.05) is 43.2 Å². The molecule has 0 atom stereocenters. The third-order valence-electron chi connectivity index (χ3n) is 3.83. The molecule has 2 rings (SSSR count). The Balaban J connectivity index is 2.03. The Kier molecular flexibility index (Phi) is 5.16. The Labute approximate surface area is 119 Å². The number of rotatable bonds is 6. The van der Waals surface area contributed by atoms with Crippen LogP contribution in [0, 0.1) is 5.92 Å². The first-order valence-electron chi connectivity index (χ1n) is 7.21. The lowest BCUT2D eigenvalue weighted by molar-refractivity contribution is -0.140. The molecular weight excluding hydrogens is 254 g/mol. The van der Waals surface area contributed by atoms with Gasteiger partial charge in [0.1, 0.15) is 0 Å². The molecule has 1 aromatic carbocycles. The lowest BCUT2D eigenvalue weighted by atomic mass is 10.1. The molecule has 0 saturated heterocycles. The highest BCUT2D eigenvalue weighted by atomic mass is 16.4. The Bertz CT molecular complexity index is 452. The number of carboxylic acids is 1. The summed E-state index contributed by atoms with van der Waals surface area (Å²) in [6.07, 6.45) is 4.10. The molecule has 1 aliphatic carbocycles. The first-order chi connectivity index (χ1) is 9.66. The number of benzene rings is 1. The van der Waals surface area contributed by atoms with Gasteiger partial charge in [0.2, 0.25) is 5.91 Å². The topological polar surface area (TPSA) is 57.6 Å². The van der Waals surface area contributed by atoms with Gasteiger partial charge in [-0.05, 0) is 18.4 Å². The van der Waals surface area contributed by atoms with Crippen LogP contribution in [0.25, 0.3) is 0 Å². The van der Waals surface area contributed by atoms with E-state index in [0.717, 1.165) is 31.2 Å². The van der Waals surface area contributed by atoms with Gasteiger partial charge in [-0.15, -0.1) is 0 Å². The molecule has 108 valence electrons. The van der Waals surface area contributed by atoms with Gasteiger partial charge in [-0.2, -0.15) is 0 Å². The van der Waals surface area contributed by atoms with Crippen LogP contribution in [0.15, 0.2) is 30.3 Å². The first kappa shape index (κ1) is 14.6. The van der Waals surface area contributed by atoms with E-state index < -0.39 is 5.97 Å². The number of amides is 1. The summed E-state index contributed by atoms with van der Waals surface area (Å²) in [5.74, 6) is -0.651. The molecule has 0 aromatic heterocycles. The number of hydrogen-bond donors (Lipinski definition) is 1. The average Bonchev–Trinajstić information content (AvgIpc) is 2.97. The second-order valence-corrected chi connectivity index (χ2v) is 5.37. The molecule has 0 aliphatic heterocycles. The lowest BCUT2D eigenvalue weighted by Gasteiger charge is -2.25. The Morgan fingerprint density at radius 2 is 1.80 bits per heavy atom. The average molecular weight is 275 g/mol. The number of hydrogen-bond acceptors (Lipinski definition) is 2. The highest BCUT2D eigenvalue weighted by Crippen LogP contribution is 2.27. The van der Waals surface area contributed by atoms with E-state index in [9.17, 15) is 9.59 Å². The largest absolute Gasteiger partial charge is 0.481 e. The van der Waals surface area contributed by atoms with Crippen molar-refractivity contribution in [2.24, 2.45) is 5.92 Å². The molecule has 1 amide bonds. The van der Waals surface area contributed by atoms with Gasteiger partial charge in [0, 0.05) is 19.0 Å². The van der Waals surface area contributed by atoms with E-state index in [4.69, 9.17) is 5.11 Å². The summed E-state index contributed by atoms with van der Waals surface area (Å²) in [5, 5.41) is 8.84. The minimum absolute atomic E-state index is 0.00525. The van der Waals surface area contributed by atoms with Crippen LogP contribution in [0.4, 0.5) is 0 Å². The highest BCUT2D eigenvalue weighted by Gasteiger charge is 2.27. The van der Waals surface area contributed by atoms with Crippen molar-refractivity contribution in [1.29, 1.82) is 0 Å². The van der Waals surface area contributed by atoms with E-state index in [1.807, 2.05) is 30.3 Å². The van der Waals surface area contributed by atoms with Gasteiger partial charge in [-0.25, -0.2) is 0 Å². The fourth-order valence-electron chi connectivity index (χ4n) is 2.73. The Hall–Kier alpha value is -1.84. The Morgan fingerprint density at radius 3 is 2.40 bits per heavy atom. The van der Waals surface area contributed by atoms with Gasteiger partial charge in [-0.3, -0.25) is 9.59 Å². The van der Waals surface area contributed by atoms with Gasteiger partial charge in [0.25, 0.3) is 0 Å². The second-order valence-electron chi connectivity index (χ2n) is 5.37. The van der Waals surface area contributed by atoms with Crippen LogP contribution in [0.5, 0.6) is 0 Å². The molecule has 0 unspecified atom stereocenters. The van der Waals surface area contributed by atoms with Crippen LogP contribution in [0.2, 0.25) is 0 Å². The maximum atomic E-state index is 12.5. The summed E-state index contributed by atoms with van der Waals surface area (Å²) in [6.45, 7) is 0.795. The minimum atomic E-state index is -0.859. The zero-order valence-corrected chi connectivity index (χ0v) is 11.6. The van der Waals surface area contributed by atoms with Crippen molar-refractivity contribution >= 4 is 11.9 Å². The van der Waals surface area contributed by atoms with Gasteiger partial charge in [0.15, 0.2) is 0 Å². The van der Waals surface area contributed by atoms with Crippen molar-refractivity contribution in [3.8, 4) is 0 Å². The highest BCUT2D eigenvalue weighted by molar-refractivity contribution is 5.79. The summed E-state index contributed by atoms with van der Waals surface area (Å²) in [7, 11) is 0. The number of nitrogens with zero attached hydrogens (tertiary/aromatic N) is 1. The smallest absolute Gasteiger partial charge is 0.305 e. The molecule has 1 N–H and O–H groups in total. The summed E-state index contributed by atoms with van der Waals surface area (Å²) in [4.78, 5) is 25.0. The van der Waals surface area contributed by atoms with Crippen LogP contribution < -0.4 is 0 Å². The van der Waals surface area contributed by atoms with E-state index in [-0.39, 0.29) is 18.2 Å². The van der Waals surface area contributed by atoms with Crippen molar-refractivity contribution in [2.45, 2.75) is 38.6 Å². The molecule has 1 saturated carbocycles. The van der Waals surface area contributed by atoms with Gasteiger partial charge >= 0.3 is 5.97 Å². The fraction of sp³-hybridized carbons (Fsp3) is 0.500. The molecule has 1 aliphatic rings. The second kappa shape index (κ2) is 7.08. The first-order valence-corrected chi connectivity index (χ1v) is 7.21. The summed E-state index contributed by atoms with van der Waals surface area (Å²) in [5.41, 5.74) is 1.05. The van der Waals surface area contributed by atoms with Crippen molar-refractivity contribution in [3.05, 3.63) is 35.9 Å². The van der Waals surface area contributed by atoms with Crippen LogP contribution in [-0.4, -0.2) is 28.4 Å². The molecule has 4 nitrogen and oxygen atoms in total. The van der Waals surface area contributed by atoms with Crippen LogP contribution in [-0.2, 0) is 16.1 Å². The zero-order valence-electron chi connectivity index (χ0n) is 11.6. The zero-order chi connectivity index (χ0) is 14.4. The molecule has 1 fully saturated rings. The monoisotopic (exact) mass is 275 g/mol. The van der Waals surface area contributed by atoms with Gasteiger partial charge in [0.05, 0.1) is 6.42 Å². The predicted molar refractivity (Wildman–Crippen MR) is 76.1 cm³/mol. The maximum absolute atomic E-state index is 12.5. The third kappa shape index (κ3) is 4.08. The molecule has 0 bridgehead atoms. The summed E-state index contributed by atoms with van der Waals surface area (Å²) in [6, 6.07) is 9.74. The van der Waals surface area contributed by atoms with E-state index in [1.165, 1.54) is 0 Å². The predicted octanol–water partition coefficient (Wildman–Crippen LogP) is 2.68. The number of aliphatic carboxylic acids is 1. The summed E-state index contributed by atoms with van der Waals surface area (Å²) < 4.78 is 0. The van der Waals surface area contributed by atoms with Crippen LogP contribution in [0.3, 0.4) is 0 Å². The van der Waals surface area contributed by atoms with E-state index in [0.29, 0.717) is 13.1 Å². The molecule has 0 heterocycles. The third-order valence-corrected chi connectivity index (χ3v) is 3.83. The molecule has 0 spiro atoms. The maximum Gasteiger partial charge on any atom is 0.305 e. The van der Waals surface area contributed by atoms with Crippen molar-refractivity contribution in [1.82, 2.24) is 4.90 Å². The molecule has 4 heteroatoms. The SMILES string of the molecule is O=C(O)CCN(Cc1ccccc1)C(=O)C1CCCC1. The van der Waals surface area contributed by atoms with Crippen LogP contribution in [0.1, 0.15) is 37.7 Å². The van der Waals surface area contributed by atoms with Crippen LogP contribution >= 0.6 is 0 Å². The molecule has 0 radical (unpaired) electrons. The van der Waals surface area contributed by atoms with Crippen molar-refractivity contribution < 1.29 is 14.7 Å². The summed E-state index contributed by atoms with van der Waals surface area (Å²) >= 11 is 0. The van der Waals surface area contributed by atoms with Gasteiger partial charge < -0.3 is 10.0 Å². The van der Waals surface area contributed by atoms with Crippen molar-refractivity contribution in [2.75, 3.05) is 6.54 Å². The number of carbonyl (C=O) groups excluding carboxylic acids is 1. The standard InChI is InChI=1S/C16H21NO3/c18-15(19)10-11-17(12-13-6-2-1-3-7-13)16(20)14-8-4-5-9-14/h1-3,6-7,14H,4-5,8-12H2,(H,18,19). The quantitative estimate of drug-likeness (QED) is 0.868. The van der Waals surface area contributed by atoms with E-state index in [2.05, 4.69) is 0 Å².